The highest BCUT2D eigenvalue weighted by Gasteiger charge is 2.11. The second-order valence-corrected chi connectivity index (χ2v) is 4.56. The van der Waals surface area contributed by atoms with Crippen molar-refractivity contribution in [3.63, 3.8) is 0 Å². The van der Waals surface area contributed by atoms with Crippen molar-refractivity contribution in [3.05, 3.63) is 23.0 Å². The zero-order valence-corrected chi connectivity index (χ0v) is 10.5. The van der Waals surface area contributed by atoms with Crippen LogP contribution in [0.4, 0.5) is 0 Å². The smallest absolute Gasteiger partial charge is 0.271 e. The van der Waals surface area contributed by atoms with E-state index < -0.39 is 0 Å². The van der Waals surface area contributed by atoms with Gasteiger partial charge in [0, 0.05) is 6.54 Å². The molecule has 4 nitrogen and oxygen atoms in total. The summed E-state index contributed by atoms with van der Waals surface area (Å²) in [6.45, 7) is 6.98. The van der Waals surface area contributed by atoms with Crippen LogP contribution >= 0.6 is 11.6 Å². The average molecular weight is 242 g/mol. The van der Waals surface area contributed by atoms with E-state index in [0.29, 0.717) is 24.1 Å². The molecule has 0 aliphatic carbocycles. The molecule has 1 atom stereocenters. The van der Waals surface area contributed by atoms with Crippen LogP contribution in [0, 0.1) is 11.8 Å². The molecular formula is C11H16ClN3O. The summed E-state index contributed by atoms with van der Waals surface area (Å²) in [7, 11) is 0. The van der Waals surface area contributed by atoms with Gasteiger partial charge in [-0.25, -0.2) is 0 Å². The summed E-state index contributed by atoms with van der Waals surface area (Å²) >= 11 is 5.58. The van der Waals surface area contributed by atoms with Gasteiger partial charge in [-0.2, -0.15) is 0 Å². The van der Waals surface area contributed by atoms with Crippen molar-refractivity contribution in [3.8, 4) is 0 Å². The summed E-state index contributed by atoms with van der Waals surface area (Å²) in [6.07, 6.45) is 0. The molecule has 16 heavy (non-hydrogen) atoms. The monoisotopic (exact) mass is 241 g/mol. The molecule has 0 radical (unpaired) electrons. The van der Waals surface area contributed by atoms with Gasteiger partial charge in [0.15, 0.2) is 10.8 Å². The number of nitrogens with zero attached hydrogens (tertiary/aromatic N) is 2. The van der Waals surface area contributed by atoms with Crippen molar-refractivity contribution < 1.29 is 4.79 Å². The maximum absolute atomic E-state index is 11.6. The maximum atomic E-state index is 11.6. The molecule has 0 aliphatic heterocycles. The van der Waals surface area contributed by atoms with Crippen LogP contribution in [0.25, 0.3) is 0 Å². The van der Waals surface area contributed by atoms with E-state index >= 15 is 0 Å². The highest BCUT2D eigenvalue weighted by atomic mass is 35.5. The largest absolute Gasteiger partial charge is 0.350 e. The van der Waals surface area contributed by atoms with Crippen LogP contribution in [0.15, 0.2) is 12.1 Å². The Kier molecular flexibility index (Phi) is 4.68. The molecular weight excluding hydrogens is 226 g/mol. The quantitative estimate of drug-likeness (QED) is 0.879. The second-order valence-electron chi connectivity index (χ2n) is 4.17. The molecule has 5 heteroatoms. The second kappa shape index (κ2) is 5.80. The number of rotatable bonds is 4. The van der Waals surface area contributed by atoms with E-state index in [9.17, 15) is 4.79 Å². The van der Waals surface area contributed by atoms with E-state index in [4.69, 9.17) is 11.6 Å². The predicted molar refractivity (Wildman–Crippen MR) is 63.4 cm³/mol. The van der Waals surface area contributed by atoms with Crippen molar-refractivity contribution in [2.24, 2.45) is 11.8 Å². The third-order valence-electron chi connectivity index (χ3n) is 2.59. The van der Waals surface area contributed by atoms with Crippen molar-refractivity contribution >= 4 is 17.5 Å². The Morgan fingerprint density at radius 1 is 1.38 bits per heavy atom. The Morgan fingerprint density at radius 3 is 2.56 bits per heavy atom. The fourth-order valence-electron chi connectivity index (χ4n) is 1.02. The van der Waals surface area contributed by atoms with Crippen molar-refractivity contribution in [2.45, 2.75) is 20.8 Å². The van der Waals surface area contributed by atoms with Crippen LogP contribution in [-0.4, -0.2) is 22.6 Å². The summed E-state index contributed by atoms with van der Waals surface area (Å²) in [5.74, 6) is 0.762. The van der Waals surface area contributed by atoms with Gasteiger partial charge in [0.25, 0.3) is 5.91 Å². The molecule has 1 amide bonds. The number of hydrogen-bond donors (Lipinski definition) is 1. The van der Waals surface area contributed by atoms with E-state index in [2.05, 4.69) is 36.3 Å². The Bertz CT molecular complexity index is 351. The summed E-state index contributed by atoms with van der Waals surface area (Å²) in [5.41, 5.74) is 0.292. The molecule has 1 N–H and O–H groups in total. The SMILES string of the molecule is CC(C)C(C)CNC(=O)c1ccc(Cl)nn1. The number of nitrogens with one attached hydrogen (secondary N) is 1. The van der Waals surface area contributed by atoms with E-state index in [0.717, 1.165) is 0 Å². The molecule has 0 bridgehead atoms. The Labute approximate surface area is 100 Å². The van der Waals surface area contributed by atoms with Gasteiger partial charge in [0.2, 0.25) is 0 Å². The fourth-order valence-corrected chi connectivity index (χ4v) is 1.12. The van der Waals surface area contributed by atoms with Gasteiger partial charge in [-0.1, -0.05) is 32.4 Å². The zero-order valence-electron chi connectivity index (χ0n) is 9.70. The highest BCUT2D eigenvalue weighted by molar-refractivity contribution is 6.29. The summed E-state index contributed by atoms with van der Waals surface area (Å²) in [4.78, 5) is 11.6. The molecule has 1 heterocycles. The molecule has 1 unspecified atom stereocenters. The van der Waals surface area contributed by atoms with Crippen LogP contribution in [-0.2, 0) is 0 Å². The molecule has 0 spiro atoms. The molecule has 0 aliphatic rings. The topological polar surface area (TPSA) is 54.9 Å². The lowest BCUT2D eigenvalue weighted by Crippen LogP contribution is -2.30. The Balaban J connectivity index is 2.50. The number of amides is 1. The summed E-state index contributed by atoms with van der Waals surface area (Å²) < 4.78 is 0. The van der Waals surface area contributed by atoms with Crippen molar-refractivity contribution in [1.29, 1.82) is 0 Å². The molecule has 88 valence electrons. The van der Waals surface area contributed by atoms with Gasteiger partial charge in [-0.05, 0) is 24.0 Å². The minimum Gasteiger partial charge on any atom is -0.350 e. The van der Waals surface area contributed by atoms with Gasteiger partial charge in [0.1, 0.15) is 0 Å². The van der Waals surface area contributed by atoms with Gasteiger partial charge in [-0.3, -0.25) is 4.79 Å². The third kappa shape index (κ3) is 3.77. The Morgan fingerprint density at radius 2 is 2.06 bits per heavy atom. The molecule has 0 aromatic carbocycles. The van der Waals surface area contributed by atoms with Gasteiger partial charge in [-0.15, -0.1) is 10.2 Å². The maximum Gasteiger partial charge on any atom is 0.271 e. The predicted octanol–water partition coefficient (Wildman–Crippen LogP) is 2.15. The lowest BCUT2D eigenvalue weighted by atomic mass is 9.98. The first kappa shape index (κ1) is 12.9. The molecule has 0 saturated heterocycles. The summed E-state index contributed by atoms with van der Waals surface area (Å²) in [5, 5.41) is 10.4. The lowest BCUT2D eigenvalue weighted by Gasteiger charge is -2.15. The van der Waals surface area contributed by atoms with E-state index in [1.165, 1.54) is 0 Å². The average Bonchev–Trinajstić information content (AvgIpc) is 2.26. The Hall–Kier alpha value is -1.16. The van der Waals surface area contributed by atoms with E-state index in [1.807, 2.05) is 0 Å². The minimum atomic E-state index is -0.211. The first-order valence-corrected chi connectivity index (χ1v) is 5.66. The number of carbonyl (C=O) groups excluding carboxylic acids is 1. The van der Waals surface area contributed by atoms with E-state index in [1.54, 1.807) is 12.1 Å². The van der Waals surface area contributed by atoms with Gasteiger partial charge in [0.05, 0.1) is 0 Å². The van der Waals surface area contributed by atoms with Crippen molar-refractivity contribution in [1.82, 2.24) is 15.5 Å². The molecule has 1 rings (SSSR count). The first-order chi connectivity index (χ1) is 7.50. The minimum absolute atomic E-state index is 0.211. The first-order valence-electron chi connectivity index (χ1n) is 5.28. The molecule has 0 saturated carbocycles. The third-order valence-corrected chi connectivity index (χ3v) is 2.79. The summed E-state index contributed by atoms with van der Waals surface area (Å²) in [6, 6.07) is 3.11. The zero-order chi connectivity index (χ0) is 12.1. The number of halogens is 1. The van der Waals surface area contributed by atoms with Crippen LogP contribution in [0.5, 0.6) is 0 Å². The molecule has 1 aromatic heterocycles. The number of hydrogen-bond acceptors (Lipinski definition) is 3. The highest BCUT2D eigenvalue weighted by Crippen LogP contribution is 2.08. The molecule has 1 aromatic rings. The van der Waals surface area contributed by atoms with E-state index in [-0.39, 0.29) is 11.1 Å². The number of carbonyl (C=O) groups is 1. The van der Waals surface area contributed by atoms with Crippen LogP contribution in [0.2, 0.25) is 5.15 Å². The molecule has 0 fully saturated rings. The van der Waals surface area contributed by atoms with Crippen LogP contribution in [0.1, 0.15) is 31.3 Å². The van der Waals surface area contributed by atoms with Crippen LogP contribution in [0.3, 0.4) is 0 Å². The number of aromatic nitrogens is 2. The fraction of sp³-hybridized carbons (Fsp3) is 0.545. The van der Waals surface area contributed by atoms with Gasteiger partial charge < -0.3 is 5.32 Å². The standard InChI is InChI=1S/C11H16ClN3O/c1-7(2)8(3)6-13-11(16)9-4-5-10(12)15-14-9/h4-5,7-8H,6H2,1-3H3,(H,13,16). The van der Waals surface area contributed by atoms with Gasteiger partial charge >= 0.3 is 0 Å². The normalized spacial score (nSPS) is 12.6. The van der Waals surface area contributed by atoms with Crippen molar-refractivity contribution in [2.75, 3.05) is 6.54 Å². The lowest BCUT2D eigenvalue weighted by molar-refractivity contribution is 0.0939. The van der Waals surface area contributed by atoms with Crippen LogP contribution < -0.4 is 5.32 Å².